The van der Waals surface area contributed by atoms with Crippen LogP contribution in [0.15, 0.2) is 48.7 Å². The van der Waals surface area contributed by atoms with E-state index in [0.717, 1.165) is 6.21 Å². The number of hydrogen-bond donors (Lipinski definition) is 3. The van der Waals surface area contributed by atoms with Crippen molar-refractivity contribution in [3.63, 3.8) is 0 Å². The summed E-state index contributed by atoms with van der Waals surface area (Å²) in [5.74, 6) is -0.725. The largest absolute Gasteiger partial charge is 0.361 e. The first kappa shape index (κ1) is 14.9. The molecule has 0 spiro atoms. The zero-order valence-electron chi connectivity index (χ0n) is 11.2. The fraction of sp³-hybridized carbons (Fsp3) is 0.0625. The first-order chi connectivity index (χ1) is 10.1. The molecule has 0 aliphatic heterocycles. The molecular weight excluding hydrogens is 272 g/mol. The summed E-state index contributed by atoms with van der Waals surface area (Å²) in [7, 11) is 0. The van der Waals surface area contributed by atoms with Gasteiger partial charge in [0.05, 0.1) is 0 Å². The molecule has 0 saturated carbocycles. The monoisotopic (exact) mass is 287 g/mol. The average Bonchev–Trinajstić information content (AvgIpc) is 2.49. The molecule has 0 heterocycles. The van der Waals surface area contributed by atoms with Gasteiger partial charge in [-0.1, -0.05) is 0 Å². The van der Waals surface area contributed by atoms with Crippen LogP contribution in [-0.4, -0.2) is 6.21 Å². The molecule has 0 amide bonds. The number of allylic oxidation sites excluding steroid dienone is 1. The molecule has 2 rings (SSSR count). The maximum atomic E-state index is 13.5. The minimum Gasteiger partial charge on any atom is -0.361 e. The number of nitrogens with one attached hydrogen (secondary N) is 2. The van der Waals surface area contributed by atoms with E-state index in [9.17, 15) is 8.78 Å². The van der Waals surface area contributed by atoms with Crippen LogP contribution in [0, 0.1) is 17.0 Å². The lowest BCUT2D eigenvalue weighted by molar-refractivity contribution is 0.625. The highest BCUT2D eigenvalue weighted by Crippen LogP contribution is 2.17. The van der Waals surface area contributed by atoms with Gasteiger partial charge in [-0.25, -0.2) is 8.78 Å². The molecule has 21 heavy (non-hydrogen) atoms. The Kier molecular flexibility index (Phi) is 4.79. The van der Waals surface area contributed by atoms with Crippen molar-refractivity contribution >= 4 is 17.5 Å². The second kappa shape index (κ2) is 6.76. The Hall–Kier alpha value is -2.53. The molecule has 5 heteroatoms. The number of nitrogens with two attached hydrogens (primary N) is 1. The molecule has 2 aromatic rings. The van der Waals surface area contributed by atoms with Crippen LogP contribution in [0.3, 0.4) is 0 Å². The maximum absolute atomic E-state index is 13.5. The molecule has 0 aliphatic carbocycles. The van der Waals surface area contributed by atoms with Gasteiger partial charge < -0.3 is 16.5 Å². The second-order valence-electron chi connectivity index (χ2n) is 4.45. The van der Waals surface area contributed by atoms with Gasteiger partial charge in [0.2, 0.25) is 0 Å². The smallest absolute Gasteiger partial charge is 0.124 e. The van der Waals surface area contributed by atoms with E-state index in [-0.39, 0.29) is 12.4 Å². The Labute approximate surface area is 121 Å². The standard InChI is InChI=1S/C16H15F2N3/c17-14-1-3-16(4-2-14)21-10-13(9-20)12-5-11(8-19)6-15(18)7-12/h1-7,9-10,20-21H,8,19H2/b13-10+,20-9?. The van der Waals surface area contributed by atoms with Gasteiger partial charge in [0.15, 0.2) is 0 Å². The Balaban J connectivity index is 2.26. The summed E-state index contributed by atoms with van der Waals surface area (Å²) in [6.45, 7) is 0.224. The van der Waals surface area contributed by atoms with Crippen LogP contribution in [0.25, 0.3) is 5.57 Å². The van der Waals surface area contributed by atoms with Crippen LogP contribution >= 0.6 is 0 Å². The third-order valence-electron chi connectivity index (χ3n) is 2.92. The Morgan fingerprint density at radius 2 is 1.81 bits per heavy atom. The zero-order valence-corrected chi connectivity index (χ0v) is 11.2. The van der Waals surface area contributed by atoms with Crippen LogP contribution < -0.4 is 11.1 Å². The predicted molar refractivity (Wildman–Crippen MR) is 81.1 cm³/mol. The van der Waals surface area contributed by atoms with Crippen LogP contribution in [0.4, 0.5) is 14.5 Å². The van der Waals surface area contributed by atoms with Gasteiger partial charge in [0.1, 0.15) is 11.6 Å². The molecule has 0 atom stereocenters. The Bertz CT molecular complexity index is 664. The lowest BCUT2D eigenvalue weighted by atomic mass is 10.0. The summed E-state index contributed by atoms with van der Waals surface area (Å²) >= 11 is 0. The van der Waals surface area contributed by atoms with Crippen molar-refractivity contribution in [2.24, 2.45) is 5.73 Å². The summed E-state index contributed by atoms with van der Waals surface area (Å²) in [6.07, 6.45) is 2.68. The van der Waals surface area contributed by atoms with Crippen molar-refractivity contribution < 1.29 is 8.78 Å². The third-order valence-corrected chi connectivity index (χ3v) is 2.92. The molecule has 0 saturated heterocycles. The highest BCUT2D eigenvalue weighted by Gasteiger charge is 2.04. The van der Waals surface area contributed by atoms with E-state index < -0.39 is 5.82 Å². The van der Waals surface area contributed by atoms with Crippen LogP contribution in [-0.2, 0) is 6.54 Å². The van der Waals surface area contributed by atoms with Gasteiger partial charge in [0, 0.05) is 30.2 Å². The van der Waals surface area contributed by atoms with E-state index in [4.69, 9.17) is 11.1 Å². The van der Waals surface area contributed by atoms with Gasteiger partial charge in [0.25, 0.3) is 0 Å². The van der Waals surface area contributed by atoms with E-state index in [1.54, 1.807) is 24.4 Å². The maximum Gasteiger partial charge on any atom is 0.124 e. The molecular formula is C16H15F2N3. The molecule has 0 radical (unpaired) electrons. The quantitative estimate of drug-likeness (QED) is 0.737. The lowest BCUT2D eigenvalue weighted by Gasteiger charge is -2.07. The van der Waals surface area contributed by atoms with Gasteiger partial charge in [-0.05, 0) is 53.6 Å². The summed E-state index contributed by atoms with van der Waals surface area (Å²) in [5.41, 5.74) is 7.89. The van der Waals surface area contributed by atoms with Gasteiger partial charge in [-0.15, -0.1) is 0 Å². The van der Waals surface area contributed by atoms with Crippen molar-refractivity contribution in [2.75, 3.05) is 5.32 Å². The second-order valence-corrected chi connectivity index (χ2v) is 4.45. The number of rotatable bonds is 5. The van der Waals surface area contributed by atoms with Crippen LogP contribution in [0.5, 0.6) is 0 Å². The van der Waals surface area contributed by atoms with E-state index in [1.807, 2.05) is 0 Å². The Morgan fingerprint density at radius 3 is 2.43 bits per heavy atom. The van der Waals surface area contributed by atoms with Crippen LogP contribution in [0.1, 0.15) is 11.1 Å². The summed E-state index contributed by atoms with van der Waals surface area (Å²) in [5, 5.41) is 10.4. The van der Waals surface area contributed by atoms with Crippen molar-refractivity contribution in [2.45, 2.75) is 6.54 Å². The van der Waals surface area contributed by atoms with Crippen molar-refractivity contribution in [3.05, 3.63) is 71.4 Å². The lowest BCUT2D eigenvalue weighted by Crippen LogP contribution is -2.00. The summed E-state index contributed by atoms with van der Waals surface area (Å²) in [6, 6.07) is 10.2. The molecule has 0 aliphatic rings. The molecule has 0 unspecified atom stereocenters. The molecule has 0 fully saturated rings. The summed E-state index contributed by atoms with van der Waals surface area (Å²) in [4.78, 5) is 0. The van der Waals surface area contributed by atoms with Gasteiger partial charge >= 0.3 is 0 Å². The van der Waals surface area contributed by atoms with Gasteiger partial charge in [-0.2, -0.15) is 0 Å². The fourth-order valence-corrected chi connectivity index (χ4v) is 1.85. The molecule has 0 aromatic heterocycles. The fourth-order valence-electron chi connectivity index (χ4n) is 1.85. The number of benzene rings is 2. The molecule has 4 N–H and O–H groups in total. The zero-order chi connectivity index (χ0) is 15.2. The first-order valence-corrected chi connectivity index (χ1v) is 6.35. The van der Waals surface area contributed by atoms with E-state index in [0.29, 0.717) is 22.4 Å². The normalized spacial score (nSPS) is 11.3. The van der Waals surface area contributed by atoms with Gasteiger partial charge in [-0.3, -0.25) is 0 Å². The SMILES string of the molecule is N=C/C(=C\Nc1ccc(F)cc1)c1cc(F)cc(CN)c1. The van der Waals surface area contributed by atoms with Crippen LogP contribution in [0.2, 0.25) is 0 Å². The van der Waals surface area contributed by atoms with E-state index >= 15 is 0 Å². The first-order valence-electron chi connectivity index (χ1n) is 6.35. The van der Waals surface area contributed by atoms with E-state index in [1.165, 1.54) is 24.3 Å². The third kappa shape index (κ3) is 3.97. The van der Waals surface area contributed by atoms with Crippen molar-refractivity contribution in [1.82, 2.24) is 0 Å². The highest BCUT2D eigenvalue weighted by atomic mass is 19.1. The number of anilines is 1. The van der Waals surface area contributed by atoms with E-state index in [2.05, 4.69) is 5.32 Å². The highest BCUT2D eigenvalue weighted by molar-refractivity contribution is 6.08. The average molecular weight is 287 g/mol. The van der Waals surface area contributed by atoms with Crippen molar-refractivity contribution in [3.8, 4) is 0 Å². The minimum atomic E-state index is -0.400. The Morgan fingerprint density at radius 1 is 1.10 bits per heavy atom. The molecule has 108 valence electrons. The number of hydrogen-bond acceptors (Lipinski definition) is 3. The molecule has 2 aromatic carbocycles. The summed E-state index contributed by atoms with van der Waals surface area (Å²) < 4.78 is 26.3. The topological polar surface area (TPSA) is 61.9 Å². The number of halogens is 2. The molecule has 3 nitrogen and oxygen atoms in total. The van der Waals surface area contributed by atoms with Crippen molar-refractivity contribution in [1.29, 1.82) is 5.41 Å². The molecule has 0 bridgehead atoms. The minimum absolute atomic E-state index is 0.224. The predicted octanol–water partition coefficient (Wildman–Crippen LogP) is 3.53.